The predicted molar refractivity (Wildman–Crippen MR) is 91.2 cm³/mol. The first kappa shape index (κ1) is 16.1. The van der Waals surface area contributed by atoms with Crippen LogP contribution in [0.2, 0.25) is 0 Å². The monoisotopic (exact) mass is 305 g/mol. The molecule has 0 fully saturated rings. The summed E-state index contributed by atoms with van der Waals surface area (Å²) < 4.78 is 5.50. The number of fused-ring (bicyclic) bond motifs is 1. The highest BCUT2D eigenvalue weighted by molar-refractivity contribution is 7.99. The van der Waals surface area contributed by atoms with E-state index in [1.807, 2.05) is 24.5 Å². The summed E-state index contributed by atoms with van der Waals surface area (Å²) in [5.74, 6) is 0.901. The molecule has 0 amide bonds. The molecule has 4 heteroatoms. The first-order valence-corrected chi connectivity index (χ1v) is 8.41. The SMILES string of the molecule is COc1ccc2ccccc2c1CNC(C)C(CO)SC. The van der Waals surface area contributed by atoms with Crippen molar-refractivity contribution in [3.05, 3.63) is 42.0 Å². The Morgan fingerprint density at radius 1 is 1.24 bits per heavy atom. The molecule has 3 nitrogen and oxygen atoms in total. The molecule has 0 spiro atoms. The molecule has 0 radical (unpaired) electrons. The average molecular weight is 305 g/mol. The molecule has 0 saturated carbocycles. The Hall–Kier alpha value is -1.23. The summed E-state index contributed by atoms with van der Waals surface area (Å²) in [5.41, 5.74) is 1.17. The van der Waals surface area contributed by atoms with E-state index < -0.39 is 0 Å². The Labute approximate surface area is 130 Å². The lowest BCUT2D eigenvalue weighted by atomic mass is 10.0. The van der Waals surface area contributed by atoms with Crippen molar-refractivity contribution < 1.29 is 9.84 Å². The van der Waals surface area contributed by atoms with Crippen LogP contribution >= 0.6 is 11.8 Å². The van der Waals surface area contributed by atoms with Gasteiger partial charge in [-0.3, -0.25) is 0 Å². The zero-order valence-corrected chi connectivity index (χ0v) is 13.6. The summed E-state index contributed by atoms with van der Waals surface area (Å²) in [6.07, 6.45) is 2.03. The number of benzene rings is 2. The maximum absolute atomic E-state index is 9.38. The number of aliphatic hydroxyl groups excluding tert-OH is 1. The molecule has 0 aliphatic carbocycles. The smallest absolute Gasteiger partial charge is 0.123 e. The van der Waals surface area contributed by atoms with Gasteiger partial charge in [-0.15, -0.1) is 0 Å². The number of aliphatic hydroxyl groups is 1. The van der Waals surface area contributed by atoms with Crippen molar-refractivity contribution >= 4 is 22.5 Å². The van der Waals surface area contributed by atoms with Gasteiger partial charge in [0.1, 0.15) is 5.75 Å². The van der Waals surface area contributed by atoms with Gasteiger partial charge in [0.25, 0.3) is 0 Å². The zero-order valence-electron chi connectivity index (χ0n) is 12.8. The van der Waals surface area contributed by atoms with E-state index in [4.69, 9.17) is 4.74 Å². The van der Waals surface area contributed by atoms with Crippen molar-refractivity contribution in [1.29, 1.82) is 0 Å². The predicted octanol–water partition coefficient (Wildman–Crippen LogP) is 3.05. The maximum Gasteiger partial charge on any atom is 0.123 e. The van der Waals surface area contributed by atoms with Gasteiger partial charge < -0.3 is 15.2 Å². The van der Waals surface area contributed by atoms with Gasteiger partial charge >= 0.3 is 0 Å². The fraction of sp³-hybridized carbons (Fsp3) is 0.412. The van der Waals surface area contributed by atoms with Crippen molar-refractivity contribution in [3.63, 3.8) is 0 Å². The Morgan fingerprint density at radius 2 is 2.00 bits per heavy atom. The number of thioether (sulfide) groups is 1. The standard InChI is InChI=1S/C17H23NO2S/c1-12(17(11-19)21-3)18-10-15-14-7-5-4-6-13(14)8-9-16(15)20-2/h4-9,12,17-19H,10-11H2,1-3H3. The topological polar surface area (TPSA) is 41.5 Å². The van der Waals surface area contributed by atoms with Crippen molar-refractivity contribution in [3.8, 4) is 5.75 Å². The Bertz CT molecular complexity index is 584. The fourth-order valence-corrected chi connectivity index (χ4v) is 3.17. The van der Waals surface area contributed by atoms with Crippen LogP contribution < -0.4 is 10.1 Å². The second kappa shape index (κ2) is 7.69. The minimum absolute atomic E-state index is 0.183. The lowest BCUT2D eigenvalue weighted by Crippen LogP contribution is -2.37. The lowest BCUT2D eigenvalue weighted by molar-refractivity contribution is 0.275. The van der Waals surface area contributed by atoms with Crippen LogP contribution in [0.4, 0.5) is 0 Å². The van der Waals surface area contributed by atoms with E-state index in [2.05, 4.69) is 30.4 Å². The number of hydrogen-bond acceptors (Lipinski definition) is 4. The molecule has 2 rings (SSSR count). The molecule has 0 aliphatic heterocycles. The van der Waals surface area contributed by atoms with Crippen LogP contribution in [0.15, 0.2) is 36.4 Å². The molecule has 2 unspecified atom stereocenters. The maximum atomic E-state index is 9.38. The third kappa shape index (κ3) is 3.70. The van der Waals surface area contributed by atoms with Crippen LogP contribution in [0, 0.1) is 0 Å². The molecule has 2 N–H and O–H groups in total. The molecule has 2 atom stereocenters. The lowest BCUT2D eigenvalue weighted by Gasteiger charge is -2.22. The van der Waals surface area contributed by atoms with E-state index in [1.54, 1.807) is 18.9 Å². The summed E-state index contributed by atoms with van der Waals surface area (Å²) in [7, 11) is 1.70. The van der Waals surface area contributed by atoms with Crippen molar-refractivity contribution in [2.75, 3.05) is 20.0 Å². The van der Waals surface area contributed by atoms with Crippen molar-refractivity contribution in [2.45, 2.75) is 24.8 Å². The molecular weight excluding hydrogens is 282 g/mol. The Morgan fingerprint density at radius 3 is 2.67 bits per heavy atom. The highest BCUT2D eigenvalue weighted by Gasteiger charge is 2.16. The van der Waals surface area contributed by atoms with Gasteiger partial charge in [-0.05, 0) is 30.0 Å². The number of methoxy groups -OCH3 is 1. The zero-order chi connectivity index (χ0) is 15.2. The molecule has 0 bridgehead atoms. The van der Waals surface area contributed by atoms with Crippen LogP contribution in [0.5, 0.6) is 5.75 Å². The van der Waals surface area contributed by atoms with Gasteiger partial charge in [0.2, 0.25) is 0 Å². The van der Waals surface area contributed by atoms with E-state index in [0.29, 0.717) is 0 Å². The number of hydrogen-bond donors (Lipinski definition) is 2. The molecule has 21 heavy (non-hydrogen) atoms. The fourth-order valence-electron chi connectivity index (χ4n) is 2.52. The first-order chi connectivity index (χ1) is 10.2. The summed E-state index contributed by atoms with van der Waals surface area (Å²) in [6.45, 7) is 3.01. The Kier molecular flexibility index (Phi) is 5.91. The van der Waals surface area contributed by atoms with Crippen molar-refractivity contribution in [1.82, 2.24) is 5.32 Å². The molecular formula is C17H23NO2S. The summed E-state index contributed by atoms with van der Waals surface area (Å²) in [6, 6.07) is 12.7. The largest absolute Gasteiger partial charge is 0.496 e. The van der Waals surface area contributed by atoms with E-state index in [1.165, 1.54) is 16.3 Å². The molecule has 0 aliphatic rings. The molecule has 0 heterocycles. The first-order valence-electron chi connectivity index (χ1n) is 7.13. The molecule has 114 valence electrons. The van der Waals surface area contributed by atoms with Crippen molar-refractivity contribution in [2.24, 2.45) is 0 Å². The van der Waals surface area contributed by atoms with E-state index in [9.17, 15) is 5.11 Å². The van der Waals surface area contributed by atoms with Crippen LogP contribution in [-0.4, -0.2) is 36.4 Å². The van der Waals surface area contributed by atoms with Crippen LogP contribution in [-0.2, 0) is 6.54 Å². The average Bonchev–Trinajstić information content (AvgIpc) is 2.53. The molecule has 0 saturated heterocycles. The molecule has 2 aromatic carbocycles. The minimum atomic E-state index is 0.183. The highest BCUT2D eigenvalue weighted by atomic mass is 32.2. The number of nitrogens with one attached hydrogen (secondary N) is 1. The normalized spacial score (nSPS) is 14.1. The molecule has 2 aromatic rings. The van der Waals surface area contributed by atoms with Gasteiger partial charge in [0.05, 0.1) is 13.7 Å². The third-order valence-corrected chi connectivity index (χ3v) is 5.02. The second-order valence-electron chi connectivity index (χ2n) is 5.09. The highest BCUT2D eigenvalue weighted by Crippen LogP contribution is 2.28. The van der Waals surface area contributed by atoms with Crippen LogP contribution in [0.25, 0.3) is 10.8 Å². The van der Waals surface area contributed by atoms with E-state index in [0.717, 1.165) is 12.3 Å². The van der Waals surface area contributed by atoms with Crippen LogP contribution in [0.3, 0.4) is 0 Å². The van der Waals surface area contributed by atoms with Gasteiger partial charge in [0.15, 0.2) is 0 Å². The van der Waals surface area contributed by atoms with E-state index in [-0.39, 0.29) is 17.9 Å². The number of ether oxygens (including phenoxy) is 1. The van der Waals surface area contributed by atoms with E-state index >= 15 is 0 Å². The summed E-state index contributed by atoms with van der Waals surface area (Å²) in [5, 5.41) is 15.5. The number of rotatable bonds is 7. The van der Waals surface area contributed by atoms with Gasteiger partial charge in [-0.1, -0.05) is 30.3 Å². The summed E-state index contributed by atoms with van der Waals surface area (Å²) in [4.78, 5) is 0. The van der Waals surface area contributed by atoms with Gasteiger partial charge in [-0.25, -0.2) is 0 Å². The van der Waals surface area contributed by atoms with Crippen LogP contribution in [0.1, 0.15) is 12.5 Å². The van der Waals surface area contributed by atoms with Gasteiger partial charge in [0, 0.05) is 23.4 Å². The third-order valence-electron chi connectivity index (χ3n) is 3.86. The van der Waals surface area contributed by atoms with Gasteiger partial charge in [-0.2, -0.15) is 11.8 Å². The quantitative estimate of drug-likeness (QED) is 0.825. The second-order valence-corrected chi connectivity index (χ2v) is 6.17. The Balaban J connectivity index is 2.24. The molecule has 0 aromatic heterocycles. The minimum Gasteiger partial charge on any atom is -0.496 e. The summed E-state index contributed by atoms with van der Waals surface area (Å²) >= 11 is 1.68.